The van der Waals surface area contributed by atoms with Crippen molar-refractivity contribution in [1.82, 2.24) is 9.80 Å². The van der Waals surface area contributed by atoms with Gasteiger partial charge in [-0.25, -0.2) is 0 Å². The van der Waals surface area contributed by atoms with Gasteiger partial charge in [0.1, 0.15) is 0 Å². The van der Waals surface area contributed by atoms with Crippen LogP contribution in [0.2, 0.25) is 0 Å². The predicted octanol–water partition coefficient (Wildman–Crippen LogP) is 1.86. The van der Waals surface area contributed by atoms with Gasteiger partial charge in [-0.3, -0.25) is 0 Å². The van der Waals surface area contributed by atoms with E-state index in [1.54, 1.807) is 0 Å². The second-order valence-electron chi connectivity index (χ2n) is 5.96. The average Bonchev–Trinajstić information content (AvgIpc) is 2.35. The first-order chi connectivity index (χ1) is 8.66. The van der Waals surface area contributed by atoms with Crippen LogP contribution in [0.4, 0.5) is 0 Å². The van der Waals surface area contributed by atoms with Gasteiger partial charge < -0.3 is 15.5 Å². The van der Waals surface area contributed by atoms with E-state index in [1.165, 1.54) is 51.9 Å². The van der Waals surface area contributed by atoms with Gasteiger partial charge in [0.25, 0.3) is 0 Å². The first-order valence-corrected chi connectivity index (χ1v) is 7.78. The number of hydrogen-bond acceptors (Lipinski definition) is 3. The number of unbranched alkanes of at least 4 members (excludes halogenated alkanes) is 1. The highest BCUT2D eigenvalue weighted by atomic mass is 32.1. The van der Waals surface area contributed by atoms with E-state index in [0.717, 1.165) is 24.8 Å². The molecular formula is C14H27N3S. The number of nitrogens with zero attached hydrogens (tertiary/aromatic N) is 2. The minimum absolute atomic E-state index is 0.669. The third-order valence-corrected chi connectivity index (χ3v) is 4.78. The van der Waals surface area contributed by atoms with Crippen molar-refractivity contribution in [3.05, 3.63) is 0 Å². The Balaban J connectivity index is 1.68. The third-order valence-electron chi connectivity index (χ3n) is 4.58. The van der Waals surface area contributed by atoms with Gasteiger partial charge in [0.15, 0.2) is 0 Å². The van der Waals surface area contributed by atoms with Gasteiger partial charge >= 0.3 is 0 Å². The first-order valence-electron chi connectivity index (χ1n) is 7.37. The van der Waals surface area contributed by atoms with E-state index in [2.05, 4.69) is 16.8 Å². The molecule has 0 amide bonds. The standard InChI is InChI=1S/C14H27N3S/c1-16-8-4-5-12-11-17(10-7-13(12)16)9-3-2-6-14(15)18/h12-13H,2-11H2,1H3,(H2,15,18). The molecule has 0 aromatic rings. The lowest BCUT2D eigenvalue weighted by atomic mass is 9.84. The van der Waals surface area contributed by atoms with Gasteiger partial charge in [-0.1, -0.05) is 12.2 Å². The molecule has 2 rings (SSSR count). The topological polar surface area (TPSA) is 32.5 Å². The Morgan fingerprint density at radius 1 is 1.28 bits per heavy atom. The number of likely N-dealkylation sites (tertiary alicyclic amines) is 2. The fourth-order valence-corrected chi connectivity index (χ4v) is 3.71. The fourth-order valence-electron chi connectivity index (χ4n) is 3.57. The van der Waals surface area contributed by atoms with Crippen LogP contribution in [0.3, 0.4) is 0 Å². The average molecular weight is 269 g/mol. The van der Waals surface area contributed by atoms with Crippen LogP contribution in [0, 0.1) is 5.92 Å². The van der Waals surface area contributed by atoms with Crippen LogP contribution >= 0.6 is 12.2 Å². The van der Waals surface area contributed by atoms with Gasteiger partial charge in [0.05, 0.1) is 4.99 Å². The molecule has 2 atom stereocenters. The van der Waals surface area contributed by atoms with Gasteiger partial charge in [-0.15, -0.1) is 0 Å². The molecule has 0 saturated carbocycles. The van der Waals surface area contributed by atoms with Crippen LogP contribution in [-0.2, 0) is 0 Å². The van der Waals surface area contributed by atoms with Crippen LogP contribution in [0.15, 0.2) is 0 Å². The lowest BCUT2D eigenvalue weighted by molar-refractivity contribution is 0.0381. The van der Waals surface area contributed by atoms with Crippen LogP contribution in [-0.4, -0.2) is 54.1 Å². The molecule has 2 saturated heterocycles. The van der Waals surface area contributed by atoms with E-state index in [-0.39, 0.29) is 0 Å². The summed E-state index contributed by atoms with van der Waals surface area (Å²) < 4.78 is 0. The van der Waals surface area contributed by atoms with Crippen molar-refractivity contribution in [2.75, 3.05) is 33.2 Å². The summed E-state index contributed by atoms with van der Waals surface area (Å²) in [6.45, 7) is 5.12. The highest BCUT2D eigenvalue weighted by Gasteiger charge is 2.33. The normalized spacial score (nSPS) is 30.1. The molecule has 0 aliphatic carbocycles. The SMILES string of the molecule is CN1CCCC2CN(CCCCC(N)=S)CCC21. The van der Waals surface area contributed by atoms with E-state index in [4.69, 9.17) is 18.0 Å². The Hall–Kier alpha value is -0.190. The lowest BCUT2D eigenvalue weighted by Crippen LogP contribution is -2.52. The van der Waals surface area contributed by atoms with Crippen molar-refractivity contribution >= 4 is 17.2 Å². The monoisotopic (exact) mass is 269 g/mol. The molecule has 18 heavy (non-hydrogen) atoms. The second kappa shape index (κ2) is 6.83. The molecule has 2 unspecified atom stereocenters. The van der Waals surface area contributed by atoms with E-state index in [9.17, 15) is 0 Å². The molecule has 3 nitrogen and oxygen atoms in total. The summed E-state index contributed by atoms with van der Waals surface area (Å²) >= 11 is 4.91. The van der Waals surface area contributed by atoms with Crippen molar-refractivity contribution in [1.29, 1.82) is 0 Å². The Labute approximate surface area is 117 Å². The molecule has 2 aliphatic rings. The molecule has 0 aromatic heterocycles. The van der Waals surface area contributed by atoms with Crippen LogP contribution in [0.5, 0.6) is 0 Å². The number of hydrogen-bond donors (Lipinski definition) is 1. The molecule has 2 N–H and O–H groups in total. The van der Waals surface area contributed by atoms with Gasteiger partial charge in [-0.05, 0) is 71.1 Å². The minimum atomic E-state index is 0.669. The zero-order chi connectivity index (χ0) is 13.0. The number of nitrogens with two attached hydrogens (primary N) is 1. The second-order valence-corrected chi connectivity index (χ2v) is 6.49. The van der Waals surface area contributed by atoms with Gasteiger partial charge in [-0.2, -0.15) is 0 Å². The zero-order valence-corrected chi connectivity index (χ0v) is 12.4. The molecule has 4 heteroatoms. The molecule has 0 aromatic carbocycles. The predicted molar refractivity (Wildman–Crippen MR) is 80.8 cm³/mol. The smallest absolute Gasteiger partial charge is 0.0727 e. The van der Waals surface area contributed by atoms with E-state index >= 15 is 0 Å². The summed E-state index contributed by atoms with van der Waals surface area (Å²) in [4.78, 5) is 5.90. The highest BCUT2D eigenvalue weighted by Crippen LogP contribution is 2.29. The Kier molecular flexibility index (Phi) is 5.39. The maximum absolute atomic E-state index is 5.53. The largest absolute Gasteiger partial charge is 0.393 e. The van der Waals surface area contributed by atoms with Gasteiger partial charge in [0, 0.05) is 12.6 Å². The molecule has 2 heterocycles. The summed E-state index contributed by atoms with van der Waals surface area (Å²) in [5, 5.41) is 0. The molecule has 2 fully saturated rings. The summed E-state index contributed by atoms with van der Waals surface area (Å²) in [6.07, 6.45) is 7.48. The zero-order valence-electron chi connectivity index (χ0n) is 11.6. The van der Waals surface area contributed by atoms with E-state index in [0.29, 0.717) is 4.99 Å². The van der Waals surface area contributed by atoms with E-state index < -0.39 is 0 Å². The number of rotatable bonds is 5. The minimum Gasteiger partial charge on any atom is -0.393 e. The third kappa shape index (κ3) is 3.90. The maximum atomic E-state index is 5.53. The molecule has 104 valence electrons. The summed E-state index contributed by atoms with van der Waals surface area (Å²) in [7, 11) is 2.30. The van der Waals surface area contributed by atoms with Crippen molar-refractivity contribution < 1.29 is 0 Å². The molecule has 0 bridgehead atoms. The van der Waals surface area contributed by atoms with Crippen molar-refractivity contribution in [2.45, 2.75) is 44.6 Å². The first kappa shape index (κ1) is 14.2. The number of fused-ring (bicyclic) bond motifs is 1. The van der Waals surface area contributed by atoms with Crippen molar-refractivity contribution in [3.63, 3.8) is 0 Å². The fraction of sp³-hybridized carbons (Fsp3) is 0.929. The molecular weight excluding hydrogens is 242 g/mol. The van der Waals surface area contributed by atoms with E-state index in [1.807, 2.05) is 0 Å². The van der Waals surface area contributed by atoms with Gasteiger partial charge in [0.2, 0.25) is 0 Å². The number of piperidine rings is 2. The Morgan fingerprint density at radius 2 is 2.11 bits per heavy atom. The summed E-state index contributed by atoms with van der Waals surface area (Å²) in [5.74, 6) is 0.910. The molecule has 0 radical (unpaired) electrons. The summed E-state index contributed by atoms with van der Waals surface area (Å²) in [5.41, 5.74) is 5.53. The quantitative estimate of drug-likeness (QED) is 0.610. The van der Waals surface area contributed by atoms with Crippen LogP contribution in [0.1, 0.15) is 38.5 Å². The molecule has 2 aliphatic heterocycles. The lowest BCUT2D eigenvalue weighted by Gasteiger charge is -2.46. The van der Waals surface area contributed by atoms with Crippen LogP contribution < -0.4 is 5.73 Å². The van der Waals surface area contributed by atoms with Crippen molar-refractivity contribution in [3.8, 4) is 0 Å². The van der Waals surface area contributed by atoms with Crippen molar-refractivity contribution in [2.24, 2.45) is 11.7 Å². The Bertz CT molecular complexity index is 282. The highest BCUT2D eigenvalue weighted by molar-refractivity contribution is 7.80. The Morgan fingerprint density at radius 3 is 2.89 bits per heavy atom. The molecule has 0 spiro atoms. The number of thiocarbonyl (C=S) groups is 1. The maximum Gasteiger partial charge on any atom is 0.0727 e. The van der Waals surface area contributed by atoms with Crippen LogP contribution in [0.25, 0.3) is 0 Å². The summed E-state index contributed by atoms with van der Waals surface area (Å²) in [6, 6.07) is 0.853.